The first-order chi connectivity index (χ1) is 10.3. The Hall–Kier alpha value is -2.15. The van der Waals surface area contributed by atoms with E-state index in [4.69, 9.17) is 9.47 Å². The van der Waals surface area contributed by atoms with E-state index >= 15 is 0 Å². The Morgan fingerprint density at radius 3 is 2.90 bits per heavy atom. The lowest BCUT2D eigenvalue weighted by Gasteiger charge is -2.16. The fourth-order valence-corrected chi connectivity index (χ4v) is 2.90. The SMILES string of the molecule is COc1nccnc1O[C@@H]1CCN(C(=O)c2ccsc2)C1. The molecule has 1 aliphatic heterocycles. The van der Waals surface area contributed by atoms with Crippen molar-refractivity contribution in [2.75, 3.05) is 20.2 Å². The third-order valence-electron chi connectivity index (χ3n) is 3.31. The second-order valence-corrected chi connectivity index (χ2v) is 5.44. The number of likely N-dealkylation sites (tertiary alicyclic amines) is 1. The minimum Gasteiger partial charge on any atom is -0.477 e. The smallest absolute Gasteiger partial charge is 0.278 e. The van der Waals surface area contributed by atoms with E-state index < -0.39 is 0 Å². The zero-order chi connectivity index (χ0) is 14.7. The zero-order valence-electron chi connectivity index (χ0n) is 11.6. The molecule has 3 rings (SSSR count). The first-order valence-electron chi connectivity index (χ1n) is 6.61. The summed E-state index contributed by atoms with van der Waals surface area (Å²) in [6, 6.07) is 1.84. The maximum atomic E-state index is 12.3. The number of hydrogen-bond donors (Lipinski definition) is 0. The molecular formula is C14H15N3O3S. The van der Waals surface area contributed by atoms with Crippen LogP contribution in [0, 0.1) is 0 Å². The Balaban J connectivity index is 1.63. The molecule has 1 atom stereocenters. The summed E-state index contributed by atoms with van der Waals surface area (Å²) in [5.41, 5.74) is 0.734. The predicted molar refractivity (Wildman–Crippen MR) is 77.8 cm³/mol. The number of ether oxygens (including phenoxy) is 2. The van der Waals surface area contributed by atoms with Crippen LogP contribution in [-0.2, 0) is 0 Å². The van der Waals surface area contributed by atoms with Crippen molar-refractivity contribution in [1.29, 1.82) is 0 Å². The van der Waals surface area contributed by atoms with Gasteiger partial charge >= 0.3 is 0 Å². The summed E-state index contributed by atoms with van der Waals surface area (Å²) in [4.78, 5) is 22.2. The second-order valence-electron chi connectivity index (χ2n) is 4.66. The lowest BCUT2D eigenvalue weighted by molar-refractivity contribution is 0.0770. The minimum atomic E-state index is -0.0850. The molecule has 0 spiro atoms. The van der Waals surface area contributed by atoms with Crippen molar-refractivity contribution in [3.63, 3.8) is 0 Å². The molecule has 0 bridgehead atoms. The fraction of sp³-hybridized carbons (Fsp3) is 0.357. The van der Waals surface area contributed by atoms with Gasteiger partial charge in [0.05, 0.1) is 19.2 Å². The number of rotatable bonds is 4. The molecule has 2 aromatic rings. The summed E-state index contributed by atoms with van der Waals surface area (Å²) >= 11 is 1.52. The topological polar surface area (TPSA) is 64.6 Å². The van der Waals surface area contributed by atoms with Crippen molar-refractivity contribution in [1.82, 2.24) is 14.9 Å². The lowest BCUT2D eigenvalue weighted by atomic mass is 10.3. The molecule has 21 heavy (non-hydrogen) atoms. The van der Waals surface area contributed by atoms with Crippen LogP contribution in [0.5, 0.6) is 11.8 Å². The van der Waals surface area contributed by atoms with Crippen LogP contribution in [0.4, 0.5) is 0 Å². The Morgan fingerprint density at radius 1 is 1.38 bits per heavy atom. The van der Waals surface area contributed by atoms with E-state index in [0.717, 1.165) is 12.0 Å². The van der Waals surface area contributed by atoms with Gasteiger partial charge in [-0.1, -0.05) is 0 Å². The number of carbonyl (C=O) groups excluding carboxylic acids is 1. The van der Waals surface area contributed by atoms with E-state index in [1.54, 1.807) is 17.3 Å². The fourth-order valence-electron chi connectivity index (χ4n) is 2.27. The number of thiophene rings is 1. The first-order valence-corrected chi connectivity index (χ1v) is 7.55. The Labute approximate surface area is 126 Å². The van der Waals surface area contributed by atoms with Gasteiger partial charge in [0, 0.05) is 30.7 Å². The van der Waals surface area contributed by atoms with Crippen molar-refractivity contribution in [2.24, 2.45) is 0 Å². The molecule has 0 radical (unpaired) electrons. The number of carbonyl (C=O) groups is 1. The normalized spacial score (nSPS) is 17.8. The van der Waals surface area contributed by atoms with Gasteiger partial charge in [0.25, 0.3) is 17.7 Å². The van der Waals surface area contributed by atoms with E-state index in [-0.39, 0.29) is 12.0 Å². The van der Waals surface area contributed by atoms with Gasteiger partial charge in [-0.2, -0.15) is 11.3 Å². The van der Waals surface area contributed by atoms with E-state index in [0.29, 0.717) is 24.8 Å². The monoisotopic (exact) mass is 305 g/mol. The molecule has 0 aliphatic carbocycles. The summed E-state index contributed by atoms with van der Waals surface area (Å²) in [7, 11) is 1.53. The first kappa shape index (κ1) is 13.8. The van der Waals surface area contributed by atoms with E-state index in [1.165, 1.54) is 18.4 Å². The third kappa shape index (κ3) is 2.97. The summed E-state index contributed by atoms with van der Waals surface area (Å²) in [6.07, 6.45) is 3.79. The Kier molecular flexibility index (Phi) is 4.01. The minimum absolute atomic E-state index is 0.0495. The molecule has 110 valence electrons. The van der Waals surface area contributed by atoms with Crippen molar-refractivity contribution >= 4 is 17.2 Å². The molecule has 6 nitrogen and oxygen atoms in total. The van der Waals surface area contributed by atoms with Crippen LogP contribution in [0.15, 0.2) is 29.2 Å². The summed E-state index contributed by atoms with van der Waals surface area (Å²) in [6.45, 7) is 1.23. The van der Waals surface area contributed by atoms with Crippen LogP contribution in [0.1, 0.15) is 16.8 Å². The van der Waals surface area contributed by atoms with Crippen molar-refractivity contribution < 1.29 is 14.3 Å². The Bertz CT molecular complexity index is 618. The molecule has 1 saturated heterocycles. The number of hydrogen-bond acceptors (Lipinski definition) is 6. The maximum absolute atomic E-state index is 12.3. The third-order valence-corrected chi connectivity index (χ3v) is 3.99. The molecule has 3 heterocycles. The Morgan fingerprint density at radius 2 is 2.19 bits per heavy atom. The van der Waals surface area contributed by atoms with Gasteiger partial charge < -0.3 is 14.4 Å². The highest BCUT2D eigenvalue weighted by molar-refractivity contribution is 7.08. The van der Waals surface area contributed by atoms with Gasteiger partial charge in [-0.15, -0.1) is 0 Å². The second kappa shape index (κ2) is 6.09. The van der Waals surface area contributed by atoms with E-state index in [1.807, 2.05) is 16.8 Å². The van der Waals surface area contributed by atoms with Gasteiger partial charge in [-0.3, -0.25) is 4.79 Å². The van der Waals surface area contributed by atoms with Gasteiger partial charge in [-0.25, -0.2) is 9.97 Å². The molecule has 0 unspecified atom stereocenters. The van der Waals surface area contributed by atoms with Crippen LogP contribution in [0.3, 0.4) is 0 Å². The van der Waals surface area contributed by atoms with Crippen molar-refractivity contribution in [2.45, 2.75) is 12.5 Å². The van der Waals surface area contributed by atoms with Crippen LogP contribution < -0.4 is 9.47 Å². The van der Waals surface area contributed by atoms with Crippen LogP contribution in [-0.4, -0.2) is 47.1 Å². The van der Waals surface area contributed by atoms with Crippen molar-refractivity contribution in [3.05, 3.63) is 34.8 Å². The quantitative estimate of drug-likeness (QED) is 0.862. The average Bonchev–Trinajstić information content (AvgIpc) is 3.19. The average molecular weight is 305 g/mol. The highest BCUT2D eigenvalue weighted by Gasteiger charge is 2.29. The summed E-state index contributed by atoms with van der Waals surface area (Å²) in [5, 5.41) is 3.77. The predicted octanol–water partition coefficient (Wildman–Crippen LogP) is 1.84. The van der Waals surface area contributed by atoms with Crippen LogP contribution in [0.2, 0.25) is 0 Å². The van der Waals surface area contributed by atoms with Crippen LogP contribution >= 0.6 is 11.3 Å². The van der Waals surface area contributed by atoms with E-state index in [9.17, 15) is 4.79 Å². The molecule has 7 heteroatoms. The summed E-state index contributed by atoms with van der Waals surface area (Å²) in [5.74, 6) is 0.781. The van der Waals surface area contributed by atoms with Gasteiger partial charge in [0.1, 0.15) is 6.10 Å². The van der Waals surface area contributed by atoms with Gasteiger partial charge in [0.15, 0.2) is 0 Å². The maximum Gasteiger partial charge on any atom is 0.278 e. The lowest BCUT2D eigenvalue weighted by Crippen LogP contribution is -2.30. The molecule has 0 saturated carbocycles. The number of aromatic nitrogens is 2. The number of nitrogens with zero attached hydrogens (tertiary/aromatic N) is 3. The van der Waals surface area contributed by atoms with Gasteiger partial charge in [-0.05, 0) is 11.4 Å². The highest BCUT2D eigenvalue weighted by Crippen LogP contribution is 2.24. The molecule has 1 fully saturated rings. The molecule has 1 amide bonds. The van der Waals surface area contributed by atoms with Crippen LogP contribution in [0.25, 0.3) is 0 Å². The number of amides is 1. The van der Waals surface area contributed by atoms with Gasteiger partial charge in [0.2, 0.25) is 0 Å². The van der Waals surface area contributed by atoms with E-state index in [2.05, 4.69) is 9.97 Å². The largest absolute Gasteiger partial charge is 0.477 e. The standard InChI is InChI=1S/C14H15N3O3S/c1-19-12-13(16-5-4-15-12)20-11-2-6-17(8-11)14(18)10-3-7-21-9-10/h3-5,7,9,11H,2,6,8H2,1H3/t11-/m1/s1. The molecule has 0 N–H and O–H groups in total. The molecule has 1 aliphatic rings. The molecular weight excluding hydrogens is 290 g/mol. The highest BCUT2D eigenvalue weighted by atomic mass is 32.1. The molecule has 0 aromatic carbocycles. The molecule has 2 aromatic heterocycles. The zero-order valence-corrected chi connectivity index (χ0v) is 12.4. The van der Waals surface area contributed by atoms with Crippen molar-refractivity contribution in [3.8, 4) is 11.8 Å². The summed E-state index contributed by atoms with van der Waals surface area (Å²) < 4.78 is 10.9. The number of methoxy groups -OCH3 is 1.